The lowest BCUT2D eigenvalue weighted by Crippen LogP contribution is -2.58. The molecular formula is C22H40N2O4S. The Morgan fingerprint density at radius 2 is 1.72 bits per heavy atom. The summed E-state index contributed by atoms with van der Waals surface area (Å²) in [5.41, 5.74) is 0.00455. The SMILES string of the molecule is CC(C(=O)NC1CCCCC1)C1CCC2(C)CCC(NS(C)(=O)=O)C(C)C2C1O. The number of carbonyl (C=O) groups excluding carboxylic acids is 1. The molecule has 3 aliphatic carbocycles. The standard InChI is InChI=1S/C22H40N2O4S/c1-14(21(26)23-16-8-6-5-7-9-16)17-10-12-22(3)13-11-18(24-29(4,27)28)15(2)19(22)20(17)25/h14-20,24-25H,5-13H2,1-4H3,(H,23,26). The van der Waals surface area contributed by atoms with Gasteiger partial charge in [-0.2, -0.15) is 0 Å². The van der Waals surface area contributed by atoms with Gasteiger partial charge >= 0.3 is 0 Å². The van der Waals surface area contributed by atoms with Crippen LogP contribution in [0.25, 0.3) is 0 Å². The molecule has 0 aromatic heterocycles. The van der Waals surface area contributed by atoms with E-state index >= 15 is 0 Å². The van der Waals surface area contributed by atoms with Crippen LogP contribution in [0.2, 0.25) is 0 Å². The number of carbonyl (C=O) groups is 1. The Morgan fingerprint density at radius 3 is 2.34 bits per heavy atom. The minimum atomic E-state index is -3.29. The van der Waals surface area contributed by atoms with Crippen molar-refractivity contribution in [1.29, 1.82) is 0 Å². The zero-order valence-corrected chi connectivity index (χ0v) is 19.3. The molecule has 7 unspecified atom stereocenters. The summed E-state index contributed by atoms with van der Waals surface area (Å²) >= 11 is 0. The minimum absolute atomic E-state index is 0.000759. The zero-order valence-electron chi connectivity index (χ0n) is 18.5. The van der Waals surface area contributed by atoms with Crippen LogP contribution in [0, 0.1) is 29.1 Å². The van der Waals surface area contributed by atoms with Gasteiger partial charge in [-0.1, -0.05) is 40.0 Å². The summed E-state index contributed by atoms with van der Waals surface area (Å²) in [6.45, 7) is 6.24. The van der Waals surface area contributed by atoms with Crippen molar-refractivity contribution in [2.45, 2.75) is 96.7 Å². The lowest BCUT2D eigenvalue weighted by molar-refractivity contribution is -0.142. The second kappa shape index (κ2) is 8.83. The van der Waals surface area contributed by atoms with E-state index in [2.05, 4.69) is 23.9 Å². The lowest BCUT2D eigenvalue weighted by Gasteiger charge is -2.56. The average molecular weight is 429 g/mol. The van der Waals surface area contributed by atoms with E-state index in [1.807, 2.05) is 6.92 Å². The van der Waals surface area contributed by atoms with Crippen molar-refractivity contribution in [1.82, 2.24) is 10.0 Å². The molecule has 0 heterocycles. The normalized spacial score (nSPS) is 40.1. The summed E-state index contributed by atoms with van der Waals surface area (Å²) < 4.78 is 26.4. The highest BCUT2D eigenvalue weighted by atomic mass is 32.2. The maximum Gasteiger partial charge on any atom is 0.223 e. The van der Waals surface area contributed by atoms with Crippen LogP contribution in [0.3, 0.4) is 0 Å². The van der Waals surface area contributed by atoms with Crippen LogP contribution in [-0.4, -0.2) is 43.9 Å². The number of sulfonamides is 1. The highest BCUT2D eigenvalue weighted by Crippen LogP contribution is 2.55. The van der Waals surface area contributed by atoms with Crippen LogP contribution in [0.1, 0.15) is 78.6 Å². The Bertz CT molecular complexity index is 691. The lowest BCUT2D eigenvalue weighted by atomic mass is 9.52. The van der Waals surface area contributed by atoms with E-state index < -0.39 is 16.1 Å². The third-order valence-electron chi connectivity index (χ3n) is 8.26. The van der Waals surface area contributed by atoms with Gasteiger partial charge in [0.1, 0.15) is 0 Å². The summed E-state index contributed by atoms with van der Waals surface area (Å²) in [5.74, 6) is -0.198. The molecule has 7 heteroatoms. The van der Waals surface area contributed by atoms with Gasteiger partial charge in [-0.05, 0) is 61.7 Å². The molecule has 3 saturated carbocycles. The van der Waals surface area contributed by atoms with E-state index in [0.29, 0.717) is 0 Å². The van der Waals surface area contributed by atoms with Gasteiger partial charge in [-0.25, -0.2) is 13.1 Å². The Kier molecular flexibility index (Phi) is 7.01. The molecule has 0 aliphatic heterocycles. The summed E-state index contributed by atoms with van der Waals surface area (Å²) in [6, 6.07) is 0.129. The molecule has 29 heavy (non-hydrogen) atoms. The fourth-order valence-corrected chi connectivity index (χ4v) is 7.39. The van der Waals surface area contributed by atoms with Gasteiger partial charge in [0.05, 0.1) is 12.4 Å². The predicted molar refractivity (Wildman–Crippen MR) is 115 cm³/mol. The molecule has 3 rings (SSSR count). The first-order chi connectivity index (χ1) is 13.5. The summed E-state index contributed by atoms with van der Waals surface area (Å²) in [5, 5.41) is 14.6. The van der Waals surface area contributed by atoms with E-state index in [1.54, 1.807) is 0 Å². The molecule has 0 bridgehead atoms. The quantitative estimate of drug-likeness (QED) is 0.627. The number of aliphatic hydroxyl groups is 1. The molecule has 3 fully saturated rings. The molecule has 6 nitrogen and oxygen atoms in total. The van der Waals surface area contributed by atoms with E-state index in [0.717, 1.165) is 38.5 Å². The highest BCUT2D eigenvalue weighted by Gasteiger charge is 2.54. The molecule has 1 amide bonds. The molecule has 0 aromatic carbocycles. The van der Waals surface area contributed by atoms with Gasteiger partial charge in [0.15, 0.2) is 0 Å². The monoisotopic (exact) mass is 428 g/mol. The van der Waals surface area contributed by atoms with Crippen LogP contribution >= 0.6 is 0 Å². The maximum atomic E-state index is 12.9. The number of amides is 1. The molecule has 0 saturated heterocycles. The number of hydrogen-bond acceptors (Lipinski definition) is 4. The second-order valence-corrected chi connectivity index (χ2v) is 12.2. The van der Waals surface area contributed by atoms with Gasteiger partial charge in [0.2, 0.25) is 15.9 Å². The number of aliphatic hydroxyl groups excluding tert-OH is 1. The highest BCUT2D eigenvalue weighted by molar-refractivity contribution is 7.88. The topological polar surface area (TPSA) is 95.5 Å². The van der Waals surface area contributed by atoms with Crippen LogP contribution in [0.5, 0.6) is 0 Å². The second-order valence-electron chi connectivity index (χ2n) is 10.4. The van der Waals surface area contributed by atoms with Crippen molar-refractivity contribution >= 4 is 15.9 Å². The molecule has 7 atom stereocenters. The van der Waals surface area contributed by atoms with Crippen molar-refractivity contribution in [2.24, 2.45) is 29.1 Å². The molecule has 168 valence electrons. The summed E-state index contributed by atoms with van der Waals surface area (Å²) in [7, 11) is -3.29. The van der Waals surface area contributed by atoms with Gasteiger partial charge < -0.3 is 10.4 Å². The van der Waals surface area contributed by atoms with Crippen LogP contribution in [0.15, 0.2) is 0 Å². The van der Waals surface area contributed by atoms with Crippen LogP contribution < -0.4 is 10.0 Å². The van der Waals surface area contributed by atoms with Gasteiger partial charge in [0, 0.05) is 18.0 Å². The van der Waals surface area contributed by atoms with Crippen molar-refractivity contribution in [3.8, 4) is 0 Å². The molecule has 0 radical (unpaired) electrons. The fourth-order valence-electron chi connectivity index (χ4n) is 6.51. The molecule has 3 aliphatic rings. The van der Waals surface area contributed by atoms with Crippen molar-refractivity contribution in [3.63, 3.8) is 0 Å². The Morgan fingerprint density at radius 1 is 1.10 bits per heavy atom. The third-order valence-corrected chi connectivity index (χ3v) is 8.99. The third kappa shape index (κ3) is 5.16. The van der Waals surface area contributed by atoms with Crippen LogP contribution in [-0.2, 0) is 14.8 Å². The van der Waals surface area contributed by atoms with Crippen molar-refractivity contribution in [3.05, 3.63) is 0 Å². The zero-order chi connectivity index (χ0) is 21.4. The number of hydrogen-bond donors (Lipinski definition) is 3. The van der Waals surface area contributed by atoms with Gasteiger partial charge in [0.25, 0.3) is 0 Å². The Labute approximate surface area is 176 Å². The summed E-state index contributed by atoms with van der Waals surface area (Å²) in [4.78, 5) is 12.9. The number of nitrogens with one attached hydrogen (secondary N) is 2. The van der Waals surface area contributed by atoms with E-state index in [1.165, 1.54) is 25.5 Å². The molecule has 3 N–H and O–H groups in total. The van der Waals surface area contributed by atoms with E-state index in [4.69, 9.17) is 0 Å². The smallest absolute Gasteiger partial charge is 0.223 e. The van der Waals surface area contributed by atoms with Crippen molar-refractivity contribution < 1.29 is 18.3 Å². The molecule has 0 aromatic rings. The van der Waals surface area contributed by atoms with Gasteiger partial charge in [-0.3, -0.25) is 4.79 Å². The molecule has 0 spiro atoms. The first kappa shape index (κ1) is 23.0. The van der Waals surface area contributed by atoms with Gasteiger partial charge in [-0.15, -0.1) is 0 Å². The maximum absolute atomic E-state index is 12.9. The fraction of sp³-hybridized carbons (Fsp3) is 0.955. The largest absolute Gasteiger partial charge is 0.392 e. The van der Waals surface area contributed by atoms with Crippen molar-refractivity contribution in [2.75, 3.05) is 6.26 Å². The van der Waals surface area contributed by atoms with Crippen LogP contribution in [0.4, 0.5) is 0 Å². The molecular weight excluding hydrogens is 388 g/mol. The van der Waals surface area contributed by atoms with E-state index in [-0.39, 0.29) is 47.1 Å². The average Bonchev–Trinajstić information content (AvgIpc) is 2.64. The first-order valence-corrected chi connectivity index (χ1v) is 13.4. The number of rotatable bonds is 5. The van der Waals surface area contributed by atoms with E-state index in [9.17, 15) is 18.3 Å². The Hall–Kier alpha value is -0.660. The Balaban J connectivity index is 1.70. The summed E-state index contributed by atoms with van der Waals surface area (Å²) in [6.07, 6.45) is 9.88. The predicted octanol–water partition coefficient (Wildman–Crippen LogP) is 2.81. The minimum Gasteiger partial charge on any atom is -0.392 e. The number of fused-ring (bicyclic) bond motifs is 1. The first-order valence-electron chi connectivity index (χ1n) is 11.5.